The van der Waals surface area contributed by atoms with E-state index < -0.39 is 152 Å². The molecule has 0 radical (unpaired) electrons. The molecule has 514 valence electrons. The van der Waals surface area contributed by atoms with Crippen LogP contribution in [0.4, 0.5) is 0 Å². The Balaban J connectivity index is 1.80. The van der Waals surface area contributed by atoms with Crippen LogP contribution in [0.3, 0.4) is 0 Å². The minimum absolute atomic E-state index is 0.00274. The highest BCUT2D eigenvalue weighted by Crippen LogP contribution is 2.32. The molecule has 2 aliphatic rings. The van der Waals surface area contributed by atoms with Crippen molar-refractivity contribution in [2.45, 2.75) is 289 Å². The number of rotatable bonds is 46. The summed E-state index contributed by atoms with van der Waals surface area (Å²) in [6.07, 6.45) is -5.03. The molecule has 0 aliphatic carbocycles. The normalized spacial score (nSPS) is 27.5. The molecule has 89 heavy (non-hydrogen) atoms. The Hall–Kier alpha value is -3.26. The number of hydrogen-bond donors (Lipinski definition) is 21. The topological polar surface area (TPSA) is 443 Å². The molecule has 25 unspecified atom stereocenters. The zero-order chi connectivity index (χ0) is 66.8. The van der Waals surface area contributed by atoms with Gasteiger partial charge in [-0.05, 0) is 128 Å². The van der Waals surface area contributed by atoms with Crippen molar-refractivity contribution >= 4 is 0 Å². The number of unbranched alkanes of at least 4 members (excludes halogenated alkanes) is 2. The van der Waals surface area contributed by atoms with Crippen molar-refractivity contribution in [1.82, 2.24) is 0 Å². The fourth-order valence-corrected chi connectivity index (χ4v) is 10.6. The fourth-order valence-electron chi connectivity index (χ4n) is 10.6. The lowest BCUT2D eigenvalue weighted by atomic mass is 9.87. The predicted molar refractivity (Wildman–Crippen MR) is 334 cm³/mol. The highest BCUT2D eigenvalue weighted by molar-refractivity contribution is 5.13. The summed E-state index contributed by atoms with van der Waals surface area (Å²) >= 11 is 0. The Bertz CT molecular complexity index is 2120. The molecule has 0 aromatic carbocycles. The lowest BCUT2D eigenvalue weighted by Gasteiger charge is -2.42. The van der Waals surface area contributed by atoms with Gasteiger partial charge >= 0.3 is 0 Å². The second kappa shape index (κ2) is 45.1. The molecule has 0 bridgehead atoms. The molecule has 2 rings (SSSR count). The fraction of sp³-hybridized carbons (Fsp3) is 0.727. The van der Waals surface area contributed by atoms with Crippen LogP contribution in [0, 0.1) is 5.92 Å². The van der Waals surface area contributed by atoms with E-state index in [1.54, 1.807) is 38.2 Å². The minimum atomic E-state index is -1.83. The minimum Gasteiger partial charge on any atom is -0.394 e. The second-order valence-corrected chi connectivity index (χ2v) is 24.3. The Morgan fingerprint density at radius 1 is 0.517 bits per heavy atom. The molecule has 23 nitrogen and oxygen atoms in total. The number of allylic oxidation sites excluding steroid dienone is 9. The third kappa shape index (κ3) is 32.0. The standard InChI is InChI=1S/C66H112O23/c1-5-6-7-8-9-10-11-12-13-14-15-16-28-50(75)60(83)65-63(86)55(80)38-57(89-65)64(87)59(82)41(3)31-33-49(74)56-37-54(79)62(85)66(88-56)61(84)52(77)34-40(2)30-32-46(71)36-53(78)58(81)42(4)35-51(76)48(73)29-20-26-45(70)24-18-22-43(68)21-17-23-44(69)25-19-27-47(72)39-67/h5,8-13,16-17,19,21,25,28,34,42-87H,1,3,6-7,14-15,18,20,22-24,26-27,29-33,35-39H2,2,4H3/b9-8+,11-10+,13-12+,21-17+,25-19+,28-16+,40-34+. The van der Waals surface area contributed by atoms with Crippen LogP contribution in [-0.4, -0.2) is 260 Å². The van der Waals surface area contributed by atoms with Gasteiger partial charge in [-0.1, -0.05) is 104 Å². The molecule has 2 heterocycles. The first-order valence-electron chi connectivity index (χ1n) is 31.6. The summed E-state index contributed by atoms with van der Waals surface area (Å²) in [4.78, 5) is 0. The maximum Gasteiger partial charge on any atom is 0.115 e. The third-order valence-corrected chi connectivity index (χ3v) is 16.4. The maximum absolute atomic E-state index is 11.2. The average molecular weight is 1270 g/mol. The van der Waals surface area contributed by atoms with Gasteiger partial charge < -0.3 is 117 Å². The third-order valence-electron chi connectivity index (χ3n) is 16.4. The number of aliphatic hydroxyl groups is 21. The largest absolute Gasteiger partial charge is 0.394 e. The number of ether oxygens (including phenoxy) is 2. The van der Waals surface area contributed by atoms with Crippen molar-refractivity contribution in [1.29, 1.82) is 0 Å². The summed E-state index contributed by atoms with van der Waals surface area (Å²) < 4.78 is 11.6. The lowest BCUT2D eigenvalue weighted by molar-refractivity contribution is -0.234. The van der Waals surface area contributed by atoms with Gasteiger partial charge in [0.05, 0.1) is 92.1 Å². The summed E-state index contributed by atoms with van der Waals surface area (Å²) in [5.41, 5.74) is 0.470. The second-order valence-electron chi connectivity index (χ2n) is 24.3. The zero-order valence-electron chi connectivity index (χ0n) is 52.0. The Kier molecular flexibility index (Phi) is 41.5. The van der Waals surface area contributed by atoms with Gasteiger partial charge in [-0.25, -0.2) is 0 Å². The molecule has 2 saturated heterocycles. The van der Waals surface area contributed by atoms with Crippen molar-refractivity contribution in [3.8, 4) is 0 Å². The number of aliphatic hydroxyl groups excluding tert-OH is 21. The van der Waals surface area contributed by atoms with Crippen LogP contribution in [0.15, 0.2) is 109 Å². The van der Waals surface area contributed by atoms with Gasteiger partial charge in [0, 0.05) is 19.3 Å². The van der Waals surface area contributed by atoms with E-state index in [1.165, 1.54) is 18.2 Å². The summed E-state index contributed by atoms with van der Waals surface area (Å²) in [6, 6.07) is 0. The van der Waals surface area contributed by atoms with Crippen LogP contribution in [0.2, 0.25) is 0 Å². The number of hydrogen-bond acceptors (Lipinski definition) is 23. The summed E-state index contributed by atoms with van der Waals surface area (Å²) in [7, 11) is 0. The van der Waals surface area contributed by atoms with Gasteiger partial charge in [0.1, 0.15) is 61.0 Å². The van der Waals surface area contributed by atoms with Crippen molar-refractivity contribution < 1.29 is 117 Å². The molecule has 2 fully saturated rings. The van der Waals surface area contributed by atoms with E-state index in [0.29, 0.717) is 50.5 Å². The van der Waals surface area contributed by atoms with Crippen molar-refractivity contribution in [2.24, 2.45) is 5.92 Å². The summed E-state index contributed by atoms with van der Waals surface area (Å²) in [5, 5.41) is 223. The van der Waals surface area contributed by atoms with E-state index >= 15 is 0 Å². The molecule has 25 atom stereocenters. The molecule has 21 N–H and O–H groups in total. The molecule has 0 aromatic rings. The monoisotopic (exact) mass is 1270 g/mol. The summed E-state index contributed by atoms with van der Waals surface area (Å²) in [5.74, 6) is -0.707. The summed E-state index contributed by atoms with van der Waals surface area (Å²) in [6.45, 7) is 10.3. The van der Waals surface area contributed by atoms with Crippen LogP contribution in [-0.2, 0) is 9.47 Å². The molecule has 0 saturated carbocycles. The van der Waals surface area contributed by atoms with Crippen LogP contribution < -0.4 is 0 Å². The van der Waals surface area contributed by atoms with Gasteiger partial charge in [0.15, 0.2) is 0 Å². The Morgan fingerprint density at radius 2 is 1.07 bits per heavy atom. The molecule has 2 aliphatic heterocycles. The first-order valence-corrected chi connectivity index (χ1v) is 31.6. The highest BCUT2D eigenvalue weighted by atomic mass is 16.6. The van der Waals surface area contributed by atoms with E-state index in [9.17, 15) is 102 Å². The van der Waals surface area contributed by atoms with E-state index in [-0.39, 0.29) is 82.8 Å². The first-order chi connectivity index (χ1) is 42.1. The van der Waals surface area contributed by atoms with Gasteiger partial charge in [-0.3, -0.25) is 0 Å². The predicted octanol–water partition coefficient (Wildman–Crippen LogP) is 0.195. The van der Waals surface area contributed by atoms with Crippen molar-refractivity contribution in [2.75, 3.05) is 6.61 Å². The molecular weight excluding hydrogens is 1160 g/mol. The van der Waals surface area contributed by atoms with Gasteiger partial charge in [-0.15, -0.1) is 6.58 Å². The molecule has 0 aromatic heterocycles. The quantitative estimate of drug-likeness (QED) is 0.0220. The van der Waals surface area contributed by atoms with E-state index in [2.05, 4.69) is 13.2 Å². The Morgan fingerprint density at radius 3 is 1.69 bits per heavy atom. The lowest BCUT2D eigenvalue weighted by Crippen LogP contribution is -2.59. The maximum atomic E-state index is 11.2. The zero-order valence-corrected chi connectivity index (χ0v) is 52.0. The van der Waals surface area contributed by atoms with Crippen molar-refractivity contribution in [3.05, 3.63) is 109 Å². The molecule has 23 heteroatoms. The van der Waals surface area contributed by atoms with Crippen LogP contribution in [0.5, 0.6) is 0 Å². The van der Waals surface area contributed by atoms with Gasteiger partial charge in [-0.2, -0.15) is 0 Å². The molecule has 0 amide bonds. The molecular formula is C66H112O23. The van der Waals surface area contributed by atoms with Crippen molar-refractivity contribution in [3.63, 3.8) is 0 Å². The first kappa shape index (κ1) is 81.8. The molecule has 0 spiro atoms. The smallest absolute Gasteiger partial charge is 0.115 e. The average Bonchev–Trinajstić information content (AvgIpc) is 2.52. The highest BCUT2D eigenvalue weighted by Gasteiger charge is 2.47. The van der Waals surface area contributed by atoms with E-state index in [0.717, 1.165) is 12.8 Å². The SMILES string of the molecule is C=CCC/C=C/C=C/C=C/CC/C=C/C(O)C(O)C1OC(C(O)C(O)C(=C)CCC(O)C2CC(O)C(O)C(C(O)C(O)/C=C(\C)CCC(O)CC(O)C(O)C(C)CC(O)C(O)CCCC(O)CCCC(O)/C=C/CC(O)/C=C/CC(O)CO)O2)CC(O)C1O. The van der Waals surface area contributed by atoms with E-state index in [4.69, 9.17) is 14.6 Å². The van der Waals surface area contributed by atoms with Gasteiger partial charge in [0.2, 0.25) is 0 Å². The van der Waals surface area contributed by atoms with E-state index in [1.807, 2.05) is 42.5 Å². The van der Waals surface area contributed by atoms with Crippen LogP contribution >= 0.6 is 0 Å². The van der Waals surface area contributed by atoms with Crippen LogP contribution in [0.1, 0.15) is 142 Å². The van der Waals surface area contributed by atoms with Crippen LogP contribution in [0.25, 0.3) is 0 Å². The van der Waals surface area contributed by atoms with Gasteiger partial charge in [0.25, 0.3) is 0 Å². The Labute approximate surface area is 525 Å².